The lowest BCUT2D eigenvalue weighted by Gasteiger charge is -2.24. The fraction of sp³-hybridized carbons (Fsp3) is 0.240. The number of ether oxygens (including phenoxy) is 1. The maximum Gasteiger partial charge on any atom is 0.314 e. The molecule has 0 aromatic heterocycles. The molecule has 3 N–H and O–H groups in total. The average molecular weight is 405 g/mol. The predicted molar refractivity (Wildman–Crippen MR) is 120 cm³/mol. The van der Waals surface area contributed by atoms with Gasteiger partial charge in [0.1, 0.15) is 11.4 Å². The van der Waals surface area contributed by atoms with Crippen molar-refractivity contribution in [2.75, 3.05) is 20.2 Å². The zero-order chi connectivity index (χ0) is 21.4. The highest BCUT2D eigenvalue weighted by Crippen LogP contribution is 2.24. The van der Waals surface area contributed by atoms with Gasteiger partial charge >= 0.3 is 6.03 Å². The van der Waals surface area contributed by atoms with Gasteiger partial charge in [-0.25, -0.2) is 4.79 Å². The van der Waals surface area contributed by atoms with Crippen LogP contribution in [0.25, 0.3) is 11.1 Å². The molecule has 0 radical (unpaired) electrons. The van der Waals surface area contributed by atoms with Gasteiger partial charge in [0.2, 0.25) is 0 Å². The van der Waals surface area contributed by atoms with Crippen molar-refractivity contribution in [3.8, 4) is 16.9 Å². The number of carbonyl (C=O) groups excluding carboxylic acids is 1. The first-order valence-electron chi connectivity index (χ1n) is 10.0. The van der Waals surface area contributed by atoms with E-state index in [2.05, 4.69) is 10.6 Å². The SMILES string of the molecule is COc1ccc(CCNC(=O)NCC(C)(O)c2ccc(-c3ccccc3)cc2)cc1. The van der Waals surface area contributed by atoms with Crippen LogP contribution in [0, 0.1) is 0 Å². The molecule has 0 heterocycles. The van der Waals surface area contributed by atoms with Crippen molar-refractivity contribution in [3.05, 3.63) is 90.0 Å². The lowest BCUT2D eigenvalue weighted by Crippen LogP contribution is -2.43. The Kier molecular flexibility index (Phi) is 7.09. The monoisotopic (exact) mass is 404 g/mol. The first kappa shape index (κ1) is 21.4. The van der Waals surface area contributed by atoms with E-state index < -0.39 is 5.60 Å². The summed E-state index contributed by atoms with van der Waals surface area (Å²) in [7, 11) is 1.63. The molecule has 3 aromatic rings. The van der Waals surface area contributed by atoms with Gasteiger partial charge in [-0.15, -0.1) is 0 Å². The highest BCUT2D eigenvalue weighted by atomic mass is 16.5. The van der Waals surface area contributed by atoms with Crippen molar-refractivity contribution >= 4 is 6.03 Å². The van der Waals surface area contributed by atoms with Crippen LogP contribution in [0.4, 0.5) is 4.79 Å². The Morgan fingerprint density at radius 1 is 0.900 bits per heavy atom. The van der Waals surface area contributed by atoms with Gasteiger partial charge in [-0.1, -0.05) is 66.7 Å². The van der Waals surface area contributed by atoms with Crippen molar-refractivity contribution < 1.29 is 14.6 Å². The summed E-state index contributed by atoms with van der Waals surface area (Å²) in [6, 6.07) is 25.3. The Morgan fingerprint density at radius 2 is 1.53 bits per heavy atom. The van der Waals surface area contributed by atoms with Gasteiger partial charge in [0.05, 0.1) is 13.7 Å². The van der Waals surface area contributed by atoms with E-state index in [-0.39, 0.29) is 12.6 Å². The molecule has 0 saturated carbocycles. The van der Waals surface area contributed by atoms with Crippen LogP contribution in [0.15, 0.2) is 78.9 Å². The first-order valence-corrected chi connectivity index (χ1v) is 10.0. The molecular formula is C25H28N2O3. The number of hydrogen-bond donors (Lipinski definition) is 3. The zero-order valence-electron chi connectivity index (χ0n) is 17.4. The summed E-state index contributed by atoms with van der Waals surface area (Å²) in [6.07, 6.45) is 0.717. The minimum absolute atomic E-state index is 0.117. The standard InChI is InChI=1S/C25H28N2O3/c1-25(29,22-12-10-21(11-13-22)20-6-4-3-5-7-20)18-27-24(28)26-17-16-19-8-14-23(30-2)15-9-19/h3-15,29H,16-18H2,1-2H3,(H2,26,27,28). The third kappa shape index (κ3) is 5.84. The van der Waals surface area contributed by atoms with Gasteiger partial charge in [0, 0.05) is 6.54 Å². The first-order chi connectivity index (χ1) is 14.5. The molecule has 0 spiro atoms. The van der Waals surface area contributed by atoms with Gasteiger partial charge in [0.15, 0.2) is 0 Å². The van der Waals surface area contributed by atoms with Crippen LogP contribution in [0.1, 0.15) is 18.1 Å². The third-order valence-corrected chi connectivity index (χ3v) is 5.07. The van der Waals surface area contributed by atoms with Gasteiger partial charge < -0.3 is 20.5 Å². The predicted octanol–water partition coefficient (Wildman–Crippen LogP) is 4.11. The highest BCUT2D eigenvalue weighted by molar-refractivity contribution is 5.74. The average Bonchev–Trinajstić information content (AvgIpc) is 2.79. The Balaban J connectivity index is 1.47. The molecule has 1 atom stereocenters. The lowest BCUT2D eigenvalue weighted by atomic mass is 9.94. The Labute approximate surface area is 177 Å². The second-order valence-electron chi connectivity index (χ2n) is 7.42. The zero-order valence-corrected chi connectivity index (χ0v) is 17.4. The van der Waals surface area contributed by atoms with Crippen LogP contribution in [0.2, 0.25) is 0 Å². The van der Waals surface area contributed by atoms with E-state index in [4.69, 9.17) is 4.74 Å². The van der Waals surface area contributed by atoms with E-state index in [0.717, 1.165) is 34.4 Å². The van der Waals surface area contributed by atoms with Crippen molar-refractivity contribution in [1.82, 2.24) is 10.6 Å². The van der Waals surface area contributed by atoms with Crippen LogP contribution >= 0.6 is 0 Å². The molecule has 3 rings (SSSR count). The van der Waals surface area contributed by atoms with Crippen LogP contribution in [-0.4, -0.2) is 31.3 Å². The van der Waals surface area contributed by atoms with Gasteiger partial charge in [0.25, 0.3) is 0 Å². The molecule has 0 aliphatic heterocycles. The highest BCUT2D eigenvalue weighted by Gasteiger charge is 2.23. The number of methoxy groups -OCH3 is 1. The third-order valence-electron chi connectivity index (χ3n) is 5.07. The summed E-state index contributed by atoms with van der Waals surface area (Å²) >= 11 is 0. The summed E-state index contributed by atoms with van der Waals surface area (Å²) in [5.74, 6) is 0.809. The fourth-order valence-corrected chi connectivity index (χ4v) is 3.18. The van der Waals surface area contributed by atoms with Crippen molar-refractivity contribution in [2.24, 2.45) is 0 Å². The second kappa shape index (κ2) is 9.94. The molecule has 0 aliphatic carbocycles. The van der Waals surface area contributed by atoms with E-state index in [1.807, 2.05) is 78.9 Å². The molecule has 30 heavy (non-hydrogen) atoms. The van der Waals surface area contributed by atoms with Crippen molar-refractivity contribution in [2.45, 2.75) is 18.9 Å². The van der Waals surface area contributed by atoms with Crippen molar-refractivity contribution in [3.63, 3.8) is 0 Å². The largest absolute Gasteiger partial charge is 0.497 e. The van der Waals surface area contributed by atoms with E-state index in [9.17, 15) is 9.90 Å². The Bertz CT molecular complexity index is 936. The van der Waals surface area contributed by atoms with E-state index in [1.165, 1.54) is 0 Å². The fourth-order valence-electron chi connectivity index (χ4n) is 3.18. The minimum atomic E-state index is -1.16. The van der Waals surface area contributed by atoms with Crippen LogP contribution in [0.5, 0.6) is 5.75 Å². The molecule has 3 aromatic carbocycles. The number of urea groups is 1. The molecule has 5 nitrogen and oxygen atoms in total. The summed E-state index contributed by atoms with van der Waals surface area (Å²) in [4.78, 5) is 12.1. The number of benzene rings is 3. The Morgan fingerprint density at radius 3 is 2.17 bits per heavy atom. The van der Waals surface area contributed by atoms with Gasteiger partial charge in [-0.05, 0) is 47.7 Å². The lowest BCUT2D eigenvalue weighted by molar-refractivity contribution is 0.0594. The number of carbonyl (C=O) groups is 1. The number of nitrogens with one attached hydrogen (secondary N) is 2. The summed E-state index contributed by atoms with van der Waals surface area (Å²) in [6.45, 7) is 2.32. The smallest absolute Gasteiger partial charge is 0.314 e. The molecule has 0 aliphatic rings. The van der Waals surface area contributed by atoms with Gasteiger partial charge in [-0.2, -0.15) is 0 Å². The van der Waals surface area contributed by atoms with E-state index >= 15 is 0 Å². The summed E-state index contributed by atoms with van der Waals surface area (Å²) in [5.41, 5.74) is 2.91. The Hall–Kier alpha value is -3.31. The number of aliphatic hydroxyl groups is 1. The normalized spacial score (nSPS) is 12.6. The van der Waals surface area contributed by atoms with Crippen LogP contribution < -0.4 is 15.4 Å². The topological polar surface area (TPSA) is 70.6 Å². The van der Waals surface area contributed by atoms with Crippen molar-refractivity contribution in [1.29, 1.82) is 0 Å². The van der Waals surface area contributed by atoms with Crippen LogP contribution in [0.3, 0.4) is 0 Å². The number of hydrogen-bond acceptors (Lipinski definition) is 3. The summed E-state index contributed by atoms with van der Waals surface area (Å²) < 4.78 is 5.14. The maximum atomic E-state index is 12.1. The maximum absolute atomic E-state index is 12.1. The second-order valence-corrected chi connectivity index (χ2v) is 7.42. The molecule has 156 valence electrons. The molecule has 2 amide bonds. The van der Waals surface area contributed by atoms with Gasteiger partial charge in [-0.3, -0.25) is 0 Å². The quantitative estimate of drug-likeness (QED) is 0.529. The molecule has 0 bridgehead atoms. The van der Waals surface area contributed by atoms with E-state index in [1.54, 1.807) is 14.0 Å². The molecule has 0 saturated heterocycles. The molecule has 1 unspecified atom stereocenters. The molecule has 0 fully saturated rings. The van der Waals surface area contributed by atoms with Crippen LogP contribution in [-0.2, 0) is 12.0 Å². The number of rotatable bonds is 8. The molecular weight excluding hydrogens is 376 g/mol. The van der Waals surface area contributed by atoms with E-state index in [0.29, 0.717) is 6.54 Å². The summed E-state index contributed by atoms with van der Waals surface area (Å²) in [5, 5.41) is 16.4. The number of amides is 2. The molecule has 5 heteroatoms. The minimum Gasteiger partial charge on any atom is -0.497 e.